The van der Waals surface area contributed by atoms with E-state index >= 15 is 0 Å². The first-order valence-electron chi connectivity index (χ1n) is 6.76. The second-order valence-electron chi connectivity index (χ2n) is 5.72. The fourth-order valence-corrected chi connectivity index (χ4v) is 3.13. The van der Waals surface area contributed by atoms with Crippen molar-refractivity contribution in [2.45, 2.75) is 33.7 Å². The highest BCUT2D eigenvalue weighted by Gasteiger charge is 2.47. The Balaban J connectivity index is 1.99. The van der Waals surface area contributed by atoms with Gasteiger partial charge in [-0.05, 0) is 51.0 Å². The van der Waals surface area contributed by atoms with Crippen LogP contribution in [0.15, 0.2) is 28.5 Å². The number of Topliss-reactive ketones (excluding diaryl/α,β-unsaturated/α-hetero) is 1. The largest absolute Gasteiger partial charge is 0.511 e. The Morgan fingerprint density at radius 1 is 1.25 bits per heavy atom. The topological polar surface area (TPSA) is 65.5 Å². The van der Waals surface area contributed by atoms with Crippen LogP contribution in [0.1, 0.15) is 30.8 Å². The van der Waals surface area contributed by atoms with Crippen LogP contribution in [0.4, 0.5) is 0 Å². The average Bonchev–Trinajstić information content (AvgIpc) is 2.83. The molecule has 1 aromatic heterocycles. The van der Waals surface area contributed by atoms with Gasteiger partial charge < -0.3 is 10.1 Å². The summed E-state index contributed by atoms with van der Waals surface area (Å²) in [5.41, 5.74) is 5.07. The minimum absolute atomic E-state index is 0.0244. The molecule has 3 rings (SSSR count). The van der Waals surface area contributed by atoms with Crippen LogP contribution >= 0.6 is 0 Å². The number of H-pyrrole nitrogens is 1. The number of carbonyl (C=O) groups excluding carboxylic acids is 1. The lowest BCUT2D eigenvalue weighted by Crippen LogP contribution is -2.38. The molecule has 2 heterocycles. The third-order valence-electron chi connectivity index (χ3n) is 4.04. The number of aliphatic hydroxyl groups excluding tert-OH is 1. The number of aliphatic hydroxyl groups is 1. The van der Waals surface area contributed by atoms with E-state index < -0.39 is 5.92 Å². The second-order valence-corrected chi connectivity index (χ2v) is 5.72. The van der Waals surface area contributed by atoms with Gasteiger partial charge in [-0.1, -0.05) is 0 Å². The molecule has 1 aromatic rings. The van der Waals surface area contributed by atoms with Gasteiger partial charge in [0.05, 0.1) is 17.3 Å². The molecule has 4 nitrogen and oxygen atoms in total. The number of carbonyl (C=O) groups is 1. The molecule has 0 radical (unpaired) electrons. The van der Waals surface area contributed by atoms with Gasteiger partial charge in [0.15, 0.2) is 5.78 Å². The van der Waals surface area contributed by atoms with Crippen molar-refractivity contribution < 1.29 is 9.90 Å². The summed E-state index contributed by atoms with van der Waals surface area (Å²) in [4.78, 5) is 20.0. The molecule has 1 aliphatic heterocycles. The Morgan fingerprint density at radius 3 is 2.40 bits per heavy atom. The molecule has 0 spiro atoms. The first kappa shape index (κ1) is 12.9. The van der Waals surface area contributed by atoms with Crippen molar-refractivity contribution in [3.63, 3.8) is 0 Å². The van der Waals surface area contributed by atoms with Gasteiger partial charge in [-0.2, -0.15) is 0 Å². The van der Waals surface area contributed by atoms with Crippen LogP contribution in [-0.2, 0) is 4.79 Å². The molecule has 0 amide bonds. The highest BCUT2D eigenvalue weighted by atomic mass is 16.3. The van der Waals surface area contributed by atoms with E-state index in [2.05, 4.69) is 9.98 Å². The summed E-state index contributed by atoms with van der Waals surface area (Å²) in [6, 6.07) is 1.74. The van der Waals surface area contributed by atoms with E-state index in [1.54, 1.807) is 0 Å². The Bertz CT molecular complexity index is 704. The lowest BCUT2D eigenvalue weighted by molar-refractivity contribution is -0.119. The molecule has 0 saturated heterocycles. The molecule has 4 heteroatoms. The number of nitrogens with zero attached hydrogens (tertiary/aromatic N) is 1. The van der Waals surface area contributed by atoms with Gasteiger partial charge in [0.25, 0.3) is 0 Å². The van der Waals surface area contributed by atoms with Crippen molar-refractivity contribution in [2.75, 3.05) is 0 Å². The predicted octanol–water partition coefficient (Wildman–Crippen LogP) is 2.89. The van der Waals surface area contributed by atoms with Crippen LogP contribution < -0.4 is 0 Å². The molecular formula is C16H18N2O2. The number of nitrogens with one attached hydrogen (secondary N) is 1. The van der Waals surface area contributed by atoms with Gasteiger partial charge in [0, 0.05) is 11.4 Å². The van der Waals surface area contributed by atoms with Crippen LogP contribution in [0.25, 0.3) is 5.57 Å². The van der Waals surface area contributed by atoms with Gasteiger partial charge in [-0.3, -0.25) is 9.79 Å². The van der Waals surface area contributed by atoms with Crippen molar-refractivity contribution in [2.24, 2.45) is 10.9 Å². The molecule has 2 aliphatic rings. The molecule has 0 bridgehead atoms. The van der Waals surface area contributed by atoms with Crippen molar-refractivity contribution >= 4 is 17.1 Å². The number of aromatic amines is 1. The van der Waals surface area contributed by atoms with Crippen molar-refractivity contribution in [1.82, 2.24) is 4.98 Å². The maximum atomic E-state index is 12.4. The molecule has 0 fully saturated rings. The Kier molecular flexibility index (Phi) is 2.71. The molecule has 2 atom stereocenters. The van der Waals surface area contributed by atoms with Crippen LogP contribution in [0, 0.1) is 19.8 Å². The molecule has 0 aromatic carbocycles. The molecular weight excluding hydrogens is 252 g/mol. The van der Waals surface area contributed by atoms with Crippen molar-refractivity contribution in [3.8, 4) is 0 Å². The number of aliphatic imine (C=N–C) groups is 1. The molecule has 20 heavy (non-hydrogen) atoms. The lowest BCUT2D eigenvalue weighted by Gasteiger charge is -2.31. The standard InChI is InChI=1S/C16H18N2O2/c1-7-5-9(3)17-13(7)11-15(19)12(16(11)20)14-8(2)6-10(4)18-14/h5-6,11,13,18-19H,1-4H3. The van der Waals surface area contributed by atoms with E-state index in [-0.39, 0.29) is 17.6 Å². The highest BCUT2D eigenvalue weighted by molar-refractivity contribution is 6.30. The van der Waals surface area contributed by atoms with Crippen LogP contribution in [0.3, 0.4) is 0 Å². The van der Waals surface area contributed by atoms with Crippen molar-refractivity contribution in [3.05, 3.63) is 40.4 Å². The predicted molar refractivity (Wildman–Crippen MR) is 79.0 cm³/mol. The van der Waals surface area contributed by atoms with E-state index in [1.807, 2.05) is 39.8 Å². The molecule has 2 unspecified atom stereocenters. The molecule has 104 valence electrons. The van der Waals surface area contributed by atoms with Gasteiger partial charge in [-0.15, -0.1) is 0 Å². The zero-order valence-corrected chi connectivity index (χ0v) is 12.1. The minimum Gasteiger partial charge on any atom is -0.511 e. The maximum Gasteiger partial charge on any atom is 0.181 e. The average molecular weight is 270 g/mol. The first-order valence-corrected chi connectivity index (χ1v) is 6.76. The van der Waals surface area contributed by atoms with Gasteiger partial charge in [0.1, 0.15) is 11.7 Å². The summed E-state index contributed by atoms with van der Waals surface area (Å²) in [6.07, 6.45) is 1.97. The maximum absolute atomic E-state index is 12.4. The highest BCUT2D eigenvalue weighted by Crippen LogP contribution is 2.42. The zero-order valence-electron chi connectivity index (χ0n) is 12.1. The van der Waals surface area contributed by atoms with Crippen LogP contribution in [-0.4, -0.2) is 27.6 Å². The molecule has 2 N–H and O–H groups in total. The van der Waals surface area contributed by atoms with E-state index in [4.69, 9.17) is 0 Å². The summed E-state index contributed by atoms with van der Waals surface area (Å²) in [5, 5.41) is 10.3. The molecule has 1 aliphatic carbocycles. The van der Waals surface area contributed by atoms with E-state index in [9.17, 15) is 9.90 Å². The number of aryl methyl sites for hydroxylation is 2. The quantitative estimate of drug-likeness (QED) is 0.867. The van der Waals surface area contributed by atoms with E-state index in [0.29, 0.717) is 5.57 Å². The Labute approximate surface area is 117 Å². The van der Waals surface area contributed by atoms with E-state index in [1.165, 1.54) is 0 Å². The van der Waals surface area contributed by atoms with Gasteiger partial charge in [0.2, 0.25) is 0 Å². The molecule has 0 saturated carbocycles. The second kappa shape index (κ2) is 4.20. The zero-order chi connectivity index (χ0) is 14.6. The minimum atomic E-state index is -0.512. The SMILES string of the molecule is CC1=CC(C)=NC1C1C(=O)C(c2[nH]c(C)cc2C)=C1O. The van der Waals surface area contributed by atoms with Gasteiger partial charge >= 0.3 is 0 Å². The number of aromatic nitrogens is 1. The summed E-state index contributed by atoms with van der Waals surface area (Å²) < 4.78 is 0. The van der Waals surface area contributed by atoms with Crippen LogP contribution in [0.2, 0.25) is 0 Å². The fourth-order valence-electron chi connectivity index (χ4n) is 3.13. The van der Waals surface area contributed by atoms with Crippen molar-refractivity contribution in [1.29, 1.82) is 0 Å². The summed E-state index contributed by atoms with van der Waals surface area (Å²) in [6.45, 7) is 7.73. The fraction of sp³-hybridized carbons (Fsp3) is 0.375. The summed E-state index contributed by atoms with van der Waals surface area (Å²) in [7, 11) is 0. The normalized spacial score (nSPS) is 25.7. The number of hydrogen-bond acceptors (Lipinski definition) is 3. The number of allylic oxidation sites excluding steroid dienone is 2. The summed E-state index contributed by atoms with van der Waals surface area (Å²) in [5.74, 6) is -0.374. The number of rotatable bonds is 2. The Morgan fingerprint density at radius 2 is 1.95 bits per heavy atom. The lowest BCUT2D eigenvalue weighted by atomic mass is 9.74. The smallest absolute Gasteiger partial charge is 0.181 e. The summed E-state index contributed by atoms with van der Waals surface area (Å²) >= 11 is 0. The Hall–Kier alpha value is -2.10. The monoisotopic (exact) mass is 270 g/mol. The number of ketones is 1. The first-order chi connectivity index (χ1) is 9.40. The third-order valence-corrected chi connectivity index (χ3v) is 4.04. The van der Waals surface area contributed by atoms with Crippen LogP contribution in [0.5, 0.6) is 0 Å². The van der Waals surface area contributed by atoms with E-state index in [0.717, 1.165) is 28.2 Å². The number of hydrogen-bond donors (Lipinski definition) is 2. The third kappa shape index (κ3) is 1.68. The van der Waals surface area contributed by atoms with Gasteiger partial charge in [-0.25, -0.2) is 0 Å².